The van der Waals surface area contributed by atoms with Crippen LogP contribution >= 0.6 is 0 Å². The van der Waals surface area contributed by atoms with Crippen LogP contribution in [0, 0.1) is 6.92 Å². The number of benzene rings is 1. The van der Waals surface area contributed by atoms with E-state index in [0.717, 1.165) is 11.4 Å². The molecule has 0 N–H and O–H groups in total. The third-order valence-electron chi connectivity index (χ3n) is 4.00. The van der Waals surface area contributed by atoms with Crippen molar-refractivity contribution < 1.29 is 9.53 Å². The Morgan fingerprint density at radius 2 is 1.79 bits per heavy atom. The molecule has 3 rings (SSSR count). The Kier molecular flexibility index (Phi) is 4.09. The monoisotopic (exact) mass is 323 g/mol. The van der Waals surface area contributed by atoms with Crippen molar-refractivity contribution in [3.8, 4) is 0 Å². The first-order valence-electron chi connectivity index (χ1n) is 7.92. The molecule has 0 aliphatic carbocycles. The summed E-state index contributed by atoms with van der Waals surface area (Å²) in [6, 6.07) is 11.6. The lowest BCUT2D eigenvalue weighted by atomic mass is 9.87. The maximum atomic E-state index is 12.2. The number of esters is 1. The third kappa shape index (κ3) is 3.30. The fraction of sp³-hybridized carbons (Fsp3) is 0.316. The fourth-order valence-electron chi connectivity index (χ4n) is 2.46. The average molecular weight is 323 g/mol. The molecule has 2 heterocycles. The standard InChI is InChI=1S/C19H21N3O2/c1-13-20-21-17-10-7-15(11-22(13)17)18(23)24-12-14-5-8-16(9-6-14)19(2,3)4/h5-11H,12H2,1-4H3. The molecular formula is C19H21N3O2. The SMILES string of the molecule is Cc1nnc2ccc(C(=O)OCc3ccc(C(C)(C)C)cc3)cn12. The van der Waals surface area contributed by atoms with Crippen LogP contribution in [0.4, 0.5) is 0 Å². The maximum absolute atomic E-state index is 12.2. The molecule has 0 bridgehead atoms. The molecule has 5 heteroatoms. The number of ether oxygens (including phenoxy) is 1. The zero-order valence-corrected chi connectivity index (χ0v) is 14.4. The minimum atomic E-state index is -0.357. The van der Waals surface area contributed by atoms with E-state index in [0.29, 0.717) is 11.2 Å². The molecule has 24 heavy (non-hydrogen) atoms. The van der Waals surface area contributed by atoms with Gasteiger partial charge in [0.1, 0.15) is 12.4 Å². The molecule has 0 saturated carbocycles. The van der Waals surface area contributed by atoms with Crippen LogP contribution in [-0.4, -0.2) is 20.6 Å². The molecule has 3 aromatic rings. The van der Waals surface area contributed by atoms with Crippen LogP contribution < -0.4 is 0 Å². The summed E-state index contributed by atoms with van der Waals surface area (Å²) in [5.74, 6) is 0.377. The molecule has 2 aromatic heterocycles. The first kappa shape index (κ1) is 16.2. The number of rotatable bonds is 3. The van der Waals surface area contributed by atoms with E-state index in [1.165, 1.54) is 5.56 Å². The molecule has 0 aliphatic heterocycles. The van der Waals surface area contributed by atoms with E-state index in [2.05, 4.69) is 43.1 Å². The normalized spacial score (nSPS) is 11.7. The van der Waals surface area contributed by atoms with Crippen LogP contribution in [0.25, 0.3) is 5.65 Å². The van der Waals surface area contributed by atoms with Gasteiger partial charge in [-0.3, -0.25) is 4.40 Å². The molecule has 0 atom stereocenters. The highest BCUT2D eigenvalue weighted by Gasteiger charge is 2.14. The van der Waals surface area contributed by atoms with Gasteiger partial charge in [0, 0.05) is 6.20 Å². The van der Waals surface area contributed by atoms with Gasteiger partial charge < -0.3 is 4.74 Å². The van der Waals surface area contributed by atoms with E-state index in [1.54, 1.807) is 22.7 Å². The van der Waals surface area contributed by atoms with Gasteiger partial charge in [0.25, 0.3) is 0 Å². The molecule has 1 aromatic carbocycles. The summed E-state index contributed by atoms with van der Waals surface area (Å²) >= 11 is 0. The van der Waals surface area contributed by atoms with Crippen molar-refractivity contribution in [3.05, 3.63) is 65.1 Å². The predicted molar refractivity (Wildman–Crippen MR) is 92.0 cm³/mol. The number of hydrogen-bond donors (Lipinski definition) is 0. The Bertz CT molecular complexity index is 874. The lowest BCUT2D eigenvalue weighted by Crippen LogP contribution is -2.11. The number of carbonyl (C=O) groups excluding carboxylic acids is 1. The van der Waals surface area contributed by atoms with Gasteiger partial charge in [0.15, 0.2) is 5.65 Å². The van der Waals surface area contributed by atoms with Crippen LogP contribution in [-0.2, 0) is 16.8 Å². The second kappa shape index (κ2) is 6.07. The van der Waals surface area contributed by atoms with Crippen molar-refractivity contribution in [2.45, 2.75) is 39.7 Å². The average Bonchev–Trinajstić information content (AvgIpc) is 2.93. The Morgan fingerprint density at radius 1 is 1.08 bits per heavy atom. The summed E-state index contributed by atoms with van der Waals surface area (Å²) in [5.41, 5.74) is 3.53. The number of fused-ring (bicyclic) bond motifs is 1. The highest BCUT2D eigenvalue weighted by Crippen LogP contribution is 2.22. The molecule has 0 aliphatic rings. The van der Waals surface area contributed by atoms with Gasteiger partial charge in [0.2, 0.25) is 0 Å². The summed E-state index contributed by atoms with van der Waals surface area (Å²) < 4.78 is 7.18. The minimum Gasteiger partial charge on any atom is -0.457 e. The van der Waals surface area contributed by atoms with Crippen LogP contribution in [0.3, 0.4) is 0 Å². The van der Waals surface area contributed by atoms with Gasteiger partial charge in [-0.1, -0.05) is 45.0 Å². The highest BCUT2D eigenvalue weighted by molar-refractivity contribution is 5.89. The van der Waals surface area contributed by atoms with Gasteiger partial charge in [-0.25, -0.2) is 4.79 Å². The minimum absolute atomic E-state index is 0.112. The first-order chi connectivity index (χ1) is 11.3. The van der Waals surface area contributed by atoms with Gasteiger partial charge in [-0.05, 0) is 35.6 Å². The second-order valence-electron chi connectivity index (χ2n) is 6.92. The summed E-state index contributed by atoms with van der Waals surface area (Å²) in [7, 11) is 0. The topological polar surface area (TPSA) is 56.5 Å². The zero-order chi connectivity index (χ0) is 17.3. The lowest BCUT2D eigenvalue weighted by Gasteiger charge is -2.19. The van der Waals surface area contributed by atoms with Crippen molar-refractivity contribution in [1.82, 2.24) is 14.6 Å². The Morgan fingerprint density at radius 3 is 2.46 bits per heavy atom. The van der Waals surface area contributed by atoms with Gasteiger partial charge in [0.05, 0.1) is 5.56 Å². The second-order valence-corrected chi connectivity index (χ2v) is 6.92. The van der Waals surface area contributed by atoms with Gasteiger partial charge in [-0.15, -0.1) is 10.2 Å². The van der Waals surface area contributed by atoms with Crippen molar-refractivity contribution >= 4 is 11.6 Å². The highest BCUT2D eigenvalue weighted by atomic mass is 16.5. The number of aromatic nitrogens is 3. The number of hydrogen-bond acceptors (Lipinski definition) is 4. The van der Waals surface area contributed by atoms with E-state index in [4.69, 9.17) is 4.74 Å². The van der Waals surface area contributed by atoms with E-state index in [9.17, 15) is 4.79 Å². The smallest absolute Gasteiger partial charge is 0.339 e. The molecule has 0 fully saturated rings. The molecule has 0 saturated heterocycles. The predicted octanol–water partition coefficient (Wildman–Crippen LogP) is 3.69. The number of pyridine rings is 1. The Labute approximate surface area is 141 Å². The summed E-state index contributed by atoms with van der Waals surface area (Å²) in [6.45, 7) is 8.61. The van der Waals surface area contributed by atoms with Crippen molar-refractivity contribution in [3.63, 3.8) is 0 Å². The first-order valence-corrected chi connectivity index (χ1v) is 7.92. The molecule has 0 spiro atoms. The maximum Gasteiger partial charge on any atom is 0.339 e. The zero-order valence-electron chi connectivity index (χ0n) is 14.4. The van der Waals surface area contributed by atoms with Crippen LogP contribution in [0.2, 0.25) is 0 Å². The van der Waals surface area contributed by atoms with Gasteiger partial charge in [-0.2, -0.15) is 0 Å². The van der Waals surface area contributed by atoms with E-state index >= 15 is 0 Å². The molecular weight excluding hydrogens is 302 g/mol. The lowest BCUT2D eigenvalue weighted by molar-refractivity contribution is 0.0472. The van der Waals surface area contributed by atoms with Gasteiger partial charge >= 0.3 is 5.97 Å². The molecule has 0 unspecified atom stereocenters. The van der Waals surface area contributed by atoms with Crippen molar-refractivity contribution in [2.24, 2.45) is 0 Å². The summed E-state index contributed by atoms with van der Waals surface area (Å²) in [4.78, 5) is 12.2. The Balaban J connectivity index is 1.69. The Hall–Kier alpha value is -2.69. The van der Waals surface area contributed by atoms with E-state index in [1.807, 2.05) is 19.1 Å². The quantitative estimate of drug-likeness (QED) is 0.690. The molecule has 0 radical (unpaired) electrons. The largest absolute Gasteiger partial charge is 0.457 e. The molecule has 0 amide bonds. The van der Waals surface area contributed by atoms with Crippen LogP contribution in [0.5, 0.6) is 0 Å². The molecule has 124 valence electrons. The fourth-order valence-corrected chi connectivity index (χ4v) is 2.46. The van der Waals surface area contributed by atoms with Crippen molar-refractivity contribution in [2.75, 3.05) is 0 Å². The van der Waals surface area contributed by atoms with Crippen molar-refractivity contribution in [1.29, 1.82) is 0 Å². The number of nitrogens with zero attached hydrogens (tertiary/aromatic N) is 3. The van der Waals surface area contributed by atoms with E-state index < -0.39 is 0 Å². The third-order valence-corrected chi connectivity index (χ3v) is 4.00. The summed E-state index contributed by atoms with van der Waals surface area (Å²) in [5, 5.41) is 7.98. The van der Waals surface area contributed by atoms with E-state index in [-0.39, 0.29) is 18.0 Å². The van der Waals surface area contributed by atoms with Crippen LogP contribution in [0.1, 0.15) is 48.1 Å². The summed E-state index contributed by atoms with van der Waals surface area (Å²) in [6.07, 6.45) is 1.70. The number of carbonyl (C=O) groups is 1. The number of aryl methyl sites for hydroxylation is 1. The molecule has 5 nitrogen and oxygen atoms in total. The van der Waals surface area contributed by atoms with Crippen LogP contribution in [0.15, 0.2) is 42.6 Å².